The molecule has 0 aromatic heterocycles. The molecule has 9 heteroatoms. The second kappa shape index (κ2) is 7.26. The third-order valence-electron chi connectivity index (χ3n) is 4.39. The Labute approximate surface area is 175 Å². The summed E-state index contributed by atoms with van der Waals surface area (Å²) in [6.45, 7) is 1.28. The third kappa shape index (κ3) is 3.14. The molecule has 0 unspecified atom stereocenters. The van der Waals surface area contributed by atoms with Gasteiger partial charge in [-0.3, -0.25) is 24.6 Å². The molecule has 1 N–H and O–H groups in total. The summed E-state index contributed by atoms with van der Waals surface area (Å²) in [5.74, 6) is -2.16. The lowest BCUT2D eigenvalue weighted by atomic mass is 10.1. The number of nitrogens with zero attached hydrogens (tertiary/aromatic N) is 2. The van der Waals surface area contributed by atoms with Crippen molar-refractivity contribution in [1.82, 2.24) is 10.4 Å². The zero-order valence-electron chi connectivity index (χ0n) is 15.0. The highest BCUT2D eigenvalue weighted by atomic mass is 32.2. The van der Waals surface area contributed by atoms with Crippen LogP contribution in [-0.4, -0.2) is 33.0 Å². The van der Waals surface area contributed by atoms with Gasteiger partial charge in [0, 0.05) is 18.1 Å². The molecule has 7 nitrogen and oxygen atoms in total. The Bertz CT molecular complexity index is 1130. The van der Waals surface area contributed by atoms with Crippen molar-refractivity contribution in [2.45, 2.75) is 6.92 Å². The summed E-state index contributed by atoms with van der Waals surface area (Å²) in [6, 6.07) is 15.1. The zero-order valence-corrected chi connectivity index (χ0v) is 16.7. The van der Waals surface area contributed by atoms with Gasteiger partial charge in [-0.05, 0) is 30.4 Å². The molecule has 0 aliphatic carbocycles. The van der Waals surface area contributed by atoms with Crippen LogP contribution in [0.4, 0.5) is 5.69 Å². The van der Waals surface area contributed by atoms with Crippen molar-refractivity contribution in [3.8, 4) is 0 Å². The van der Waals surface area contributed by atoms with Crippen LogP contribution in [-0.2, 0) is 14.4 Å². The number of thioether (sulfide) groups is 1. The molecule has 4 rings (SSSR count). The fraction of sp³-hybridized carbons (Fsp3) is 0.0500. The van der Waals surface area contributed by atoms with Gasteiger partial charge in [-0.2, -0.15) is 5.01 Å². The van der Waals surface area contributed by atoms with Crippen LogP contribution in [0.3, 0.4) is 0 Å². The summed E-state index contributed by atoms with van der Waals surface area (Å²) >= 11 is 6.16. The predicted octanol–water partition coefficient (Wildman–Crippen LogP) is 2.50. The highest BCUT2D eigenvalue weighted by molar-refractivity contribution is 8.26. The minimum Gasteiger partial charge on any atom is -0.274 e. The van der Waals surface area contributed by atoms with Gasteiger partial charge in [-0.25, -0.2) is 4.90 Å². The number of imide groups is 1. The van der Waals surface area contributed by atoms with Crippen LogP contribution >= 0.6 is 24.0 Å². The van der Waals surface area contributed by atoms with Gasteiger partial charge in [0.05, 0.1) is 16.2 Å². The molecule has 144 valence electrons. The normalized spacial score (nSPS) is 18.3. The maximum Gasteiger partial charge on any atom is 0.286 e. The van der Waals surface area contributed by atoms with Crippen molar-refractivity contribution >= 4 is 63.2 Å². The van der Waals surface area contributed by atoms with Gasteiger partial charge >= 0.3 is 0 Å². The fourth-order valence-corrected chi connectivity index (χ4v) is 4.37. The standard InChI is InChI=1S/C20H13N3O4S2/c1-11(24)22-14-10-6-5-9-13(14)15(18(22)26)16-19(27)23(20(28)29-16)21-17(25)12-7-3-2-4-8-12/h2-10H,1H3,(H,21,25). The van der Waals surface area contributed by atoms with Gasteiger partial charge in [0.2, 0.25) is 5.91 Å². The van der Waals surface area contributed by atoms with E-state index >= 15 is 0 Å². The summed E-state index contributed by atoms with van der Waals surface area (Å²) in [6.07, 6.45) is 0. The number of hydrazine groups is 1. The lowest BCUT2D eigenvalue weighted by Gasteiger charge is -2.15. The second-order valence-electron chi connectivity index (χ2n) is 6.20. The minimum atomic E-state index is -0.618. The summed E-state index contributed by atoms with van der Waals surface area (Å²) in [7, 11) is 0. The molecule has 0 saturated carbocycles. The van der Waals surface area contributed by atoms with Gasteiger partial charge < -0.3 is 0 Å². The molecule has 29 heavy (non-hydrogen) atoms. The van der Waals surface area contributed by atoms with E-state index in [1.54, 1.807) is 54.6 Å². The molecule has 0 bridgehead atoms. The Morgan fingerprint density at radius 1 is 0.966 bits per heavy atom. The van der Waals surface area contributed by atoms with Gasteiger partial charge in [0.15, 0.2) is 4.32 Å². The van der Waals surface area contributed by atoms with Gasteiger partial charge in [-0.1, -0.05) is 48.2 Å². The van der Waals surface area contributed by atoms with Crippen LogP contribution in [0, 0.1) is 0 Å². The topological polar surface area (TPSA) is 86.8 Å². The number of rotatable bonds is 2. The lowest BCUT2D eigenvalue weighted by Crippen LogP contribution is -2.45. The number of anilines is 1. The number of para-hydroxylation sites is 1. The van der Waals surface area contributed by atoms with E-state index in [1.165, 1.54) is 6.92 Å². The smallest absolute Gasteiger partial charge is 0.274 e. The molecule has 2 heterocycles. The molecule has 1 fully saturated rings. The quantitative estimate of drug-likeness (QED) is 0.590. The molecule has 4 amide bonds. The molecule has 0 spiro atoms. The van der Waals surface area contributed by atoms with Crippen molar-refractivity contribution in [2.24, 2.45) is 0 Å². The number of benzene rings is 2. The van der Waals surface area contributed by atoms with E-state index in [0.717, 1.165) is 21.7 Å². The van der Waals surface area contributed by atoms with Crippen LogP contribution in [0.2, 0.25) is 0 Å². The van der Waals surface area contributed by atoms with Crippen LogP contribution in [0.25, 0.3) is 5.57 Å². The summed E-state index contributed by atoms with van der Waals surface area (Å²) in [5, 5.41) is 0.948. The van der Waals surface area contributed by atoms with Crippen molar-refractivity contribution in [2.75, 3.05) is 4.90 Å². The number of hydrogen-bond acceptors (Lipinski definition) is 6. The van der Waals surface area contributed by atoms with Crippen LogP contribution in [0.15, 0.2) is 59.5 Å². The Morgan fingerprint density at radius 3 is 2.31 bits per heavy atom. The van der Waals surface area contributed by atoms with Gasteiger partial charge in [0.25, 0.3) is 17.7 Å². The molecular weight excluding hydrogens is 410 g/mol. The molecule has 1 saturated heterocycles. The summed E-state index contributed by atoms with van der Waals surface area (Å²) in [4.78, 5) is 51.4. The highest BCUT2D eigenvalue weighted by Crippen LogP contribution is 2.44. The van der Waals surface area contributed by atoms with Crippen molar-refractivity contribution in [1.29, 1.82) is 0 Å². The fourth-order valence-electron chi connectivity index (χ4n) is 3.12. The van der Waals surface area contributed by atoms with Crippen molar-refractivity contribution < 1.29 is 19.2 Å². The molecule has 0 radical (unpaired) electrons. The van der Waals surface area contributed by atoms with E-state index in [9.17, 15) is 19.2 Å². The molecule has 0 atom stereocenters. The average Bonchev–Trinajstić information content (AvgIpc) is 3.15. The summed E-state index contributed by atoms with van der Waals surface area (Å²) < 4.78 is 0.0911. The first-order valence-electron chi connectivity index (χ1n) is 8.51. The maximum atomic E-state index is 13.0. The highest BCUT2D eigenvalue weighted by Gasteiger charge is 2.43. The first-order chi connectivity index (χ1) is 13.9. The molecule has 2 aliphatic rings. The van der Waals surface area contributed by atoms with E-state index in [0.29, 0.717) is 16.8 Å². The number of nitrogens with one attached hydrogen (secondary N) is 1. The monoisotopic (exact) mass is 423 g/mol. The average molecular weight is 423 g/mol. The second-order valence-corrected chi connectivity index (χ2v) is 7.84. The number of thiocarbonyl (C=S) groups is 1. The lowest BCUT2D eigenvalue weighted by molar-refractivity contribution is -0.125. The number of carbonyl (C=O) groups is 4. The SMILES string of the molecule is CC(=O)N1C(=O)C(=C2SC(=S)N(NC(=O)c3ccccc3)C2=O)c2ccccc21. The summed E-state index contributed by atoms with van der Waals surface area (Å²) in [5.41, 5.74) is 3.83. The molecule has 2 aliphatic heterocycles. The van der Waals surface area contributed by atoms with Crippen LogP contribution < -0.4 is 10.3 Å². The molecule has 2 aromatic carbocycles. The number of hydrogen-bond donors (Lipinski definition) is 1. The number of amides is 4. The number of fused-ring (bicyclic) bond motifs is 1. The Balaban J connectivity index is 1.71. The maximum absolute atomic E-state index is 13.0. The van der Waals surface area contributed by atoms with E-state index in [4.69, 9.17) is 12.2 Å². The van der Waals surface area contributed by atoms with Crippen LogP contribution in [0.5, 0.6) is 0 Å². The van der Waals surface area contributed by atoms with Gasteiger partial charge in [-0.15, -0.1) is 0 Å². The zero-order chi connectivity index (χ0) is 20.7. The molecular formula is C20H13N3O4S2. The van der Waals surface area contributed by atoms with Crippen LogP contribution in [0.1, 0.15) is 22.8 Å². The van der Waals surface area contributed by atoms with Gasteiger partial charge in [0.1, 0.15) is 0 Å². The minimum absolute atomic E-state index is 0.0737. The Hall–Kier alpha value is -3.30. The Morgan fingerprint density at radius 2 is 1.62 bits per heavy atom. The molecule has 2 aromatic rings. The van der Waals surface area contributed by atoms with Crippen molar-refractivity contribution in [3.05, 3.63) is 70.6 Å². The van der Waals surface area contributed by atoms with E-state index < -0.39 is 23.6 Å². The largest absolute Gasteiger partial charge is 0.286 e. The van der Waals surface area contributed by atoms with E-state index in [-0.39, 0.29) is 14.8 Å². The first-order valence-corrected chi connectivity index (χ1v) is 9.73. The first kappa shape index (κ1) is 19.0. The predicted molar refractivity (Wildman–Crippen MR) is 112 cm³/mol. The van der Waals surface area contributed by atoms with Crippen molar-refractivity contribution in [3.63, 3.8) is 0 Å². The van der Waals surface area contributed by atoms with E-state index in [1.807, 2.05) is 0 Å². The Kier molecular flexibility index (Phi) is 4.77. The van der Waals surface area contributed by atoms with E-state index in [2.05, 4.69) is 5.43 Å². The number of carbonyl (C=O) groups excluding carboxylic acids is 4. The third-order valence-corrected chi connectivity index (χ3v) is 5.76.